The summed E-state index contributed by atoms with van der Waals surface area (Å²) in [5, 5.41) is 20.4. The number of nitro benzene ring substituents is 1. The highest BCUT2D eigenvalue weighted by Crippen LogP contribution is 2.30. The number of rotatable bonds is 3. The molecule has 0 heterocycles. The van der Waals surface area contributed by atoms with Gasteiger partial charge in [0.25, 0.3) is 5.69 Å². The smallest absolute Gasteiger partial charge is 0.270 e. The number of aliphatic hydroxyl groups is 1. The van der Waals surface area contributed by atoms with E-state index in [0.29, 0.717) is 10.0 Å². The molecule has 0 aromatic heterocycles. The van der Waals surface area contributed by atoms with E-state index in [-0.39, 0.29) is 12.2 Å². The van der Waals surface area contributed by atoms with Gasteiger partial charge < -0.3 is 10.8 Å². The lowest BCUT2D eigenvalue weighted by molar-refractivity contribution is -0.385. The Balaban J connectivity index is 3.19. The van der Waals surface area contributed by atoms with E-state index >= 15 is 0 Å². The summed E-state index contributed by atoms with van der Waals surface area (Å²) < 4.78 is 0.479. The second-order valence-corrected chi connectivity index (χ2v) is 4.25. The Kier molecular flexibility index (Phi) is 3.43. The van der Waals surface area contributed by atoms with E-state index in [2.05, 4.69) is 15.9 Å². The SMILES string of the molecule is CC(O)(CN)c1ccc([N+](=O)[O-])cc1Br. The summed E-state index contributed by atoms with van der Waals surface area (Å²) in [4.78, 5) is 9.99. The maximum atomic E-state index is 10.5. The van der Waals surface area contributed by atoms with E-state index in [1.807, 2.05) is 0 Å². The van der Waals surface area contributed by atoms with Crippen LogP contribution in [-0.2, 0) is 5.60 Å². The fraction of sp³-hybridized carbons (Fsp3) is 0.333. The molecule has 0 spiro atoms. The van der Waals surface area contributed by atoms with Crippen molar-refractivity contribution in [3.63, 3.8) is 0 Å². The lowest BCUT2D eigenvalue weighted by atomic mass is 9.96. The minimum atomic E-state index is -1.19. The van der Waals surface area contributed by atoms with Gasteiger partial charge in [-0.2, -0.15) is 0 Å². The minimum absolute atomic E-state index is 0.0292. The van der Waals surface area contributed by atoms with Crippen molar-refractivity contribution in [2.75, 3.05) is 6.54 Å². The van der Waals surface area contributed by atoms with Crippen molar-refractivity contribution in [3.8, 4) is 0 Å². The highest BCUT2D eigenvalue weighted by molar-refractivity contribution is 9.10. The number of nitro groups is 1. The fourth-order valence-electron chi connectivity index (χ4n) is 1.16. The largest absolute Gasteiger partial charge is 0.384 e. The van der Waals surface area contributed by atoms with Gasteiger partial charge in [-0.15, -0.1) is 0 Å². The van der Waals surface area contributed by atoms with E-state index < -0.39 is 10.5 Å². The molecule has 1 atom stereocenters. The number of non-ortho nitro benzene ring substituents is 1. The molecule has 0 fully saturated rings. The first-order valence-electron chi connectivity index (χ1n) is 4.25. The summed E-state index contributed by atoms with van der Waals surface area (Å²) in [6.45, 7) is 1.60. The molecule has 15 heavy (non-hydrogen) atoms. The molecule has 6 heteroatoms. The van der Waals surface area contributed by atoms with Crippen LogP contribution < -0.4 is 5.73 Å². The summed E-state index contributed by atoms with van der Waals surface area (Å²) in [5.41, 5.74) is 4.72. The average molecular weight is 275 g/mol. The fourth-order valence-corrected chi connectivity index (χ4v) is 1.96. The Morgan fingerprint density at radius 1 is 1.67 bits per heavy atom. The maximum Gasteiger partial charge on any atom is 0.270 e. The highest BCUT2D eigenvalue weighted by Gasteiger charge is 2.24. The van der Waals surface area contributed by atoms with Crippen LogP contribution in [0.3, 0.4) is 0 Å². The summed E-state index contributed by atoms with van der Waals surface area (Å²) in [6.07, 6.45) is 0. The molecule has 1 rings (SSSR count). The molecule has 82 valence electrons. The van der Waals surface area contributed by atoms with Gasteiger partial charge >= 0.3 is 0 Å². The molecule has 0 amide bonds. The van der Waals surface area contributed by atoms with Gasteiger partial charge in [0, 0.05) is 23.2 Å². The van der Waals surface area contributed by atoms with Crippen LogP contribution in [-0.4, -0.2) is 16.6 Å². The van der Waals surface area contributed by atoms with Gasteiger partial charge in [0.15, 0.2) is 0 Å². The van der Waals surface area contributed by atoms with Crippen LogP contribution >= 0.6 is 15.9 Å². The maximum absolute atomic E-state index is 10.5. The van der Waals surface area contributed by atoms with E-state index in [1.165, 1.54) is 18.2 Å². The first kappa shape index (κ1) is 12.1. The highest BCUT2D eigenvalue weighted by atomic mass is 79.9. The first-order valence-corrected chi connectivity index (χ1v) is 5.04. The molecule has 0 saturated heterocycles. The molecule has 0 radical (unpaired) electrons. The van der Waals surface area contributed by atoms with Crippen molar-refractivity contribution in [3.05, 3.63) is 38.3 Å². The van der Waals surface area contributed by atoms with Gasteiger partial charge in [-0.05, 0) is 18.6 Å². The van der Waals surface area contributed by atoms with Gasteiger partial charge in [-0.1, -0.05) is 15.9 Å². The Labute approximate surface area is 95.2 Å². The number of benzene rings is 1. The number of nitrogens with zero attached hydrogens (tertiary/aromatic N) is 1. The average Bonchev–Trinajstić information content (AvgIpc) is 2.17. The van der Waals surface area contributed by atoms with E-state index in [4.69, 9.17) is 5.73 Å². The summed E-state index contributed by atoms with van der Waals surface area (Å²) in [7, 11) is 0. The normalized spacial score (nSPS) is 14.7. The van der Waals surface area contributed by atoms with Gasteiger partial charge in [0.2, 0.25) is 0 Å². The van der Waals surface area contributed by atoms with Crippen LogP contribution in [0.5, 0.6) is 0 Å². The quantitative estimate of drug-likeness (QED) is 0.646. The lowest BCUT2D eigenvalue weighted by Crippen LogP contribution is -2.31. The van der Waals surface area contributed by atoms with Gasteiger partial charge in [-0.25, -0.2) is 0 Å². The monoisotopic (exact) mass is 274 g/mol. The van der Waals surface area contributed by atoms with Crippen LogP contribution in [0.1, 0.15) is 12.5 Å². The summed E-state index contributed by atoms with van der Waals surface area (Å²) >= 11 is 3.17. The topological polar surface area (TPSA) is 89.4 Å². The molecule has 1 aromatic carbocycles. The van der Waals surface area contributed by atoms with Gasteiger partial charge in [-0.3, -0.25) is 10.1 Å². The molecular weight excluding hydrogens is 264 g/mol. The third-order valence-corrected chi connectivity index (χ3v) is 2.80. The molecular formula is C9H11BrN2O3. The van der Waals surface area contributed by atoms with Crippen molar-refractivity contribution < 1.29 is 10.0 Å². The van der Waals surface area contributed by atoms with E-state index in [1.54, 1.807) is 6.92 Å². The predicted octanol–water partition coefficient (Wildman–Crippen LogP) is 1.52. The summed E-state index contributed by atoms with van der Waals surface area (Å²) in [6, 6.07) is 4.18. The zero-order valence-corrected chi connectivity index (χ0v) is 9.69. The van der Waals surface area contributed by atoms with E-state index in [9.17, 15) is 15.2 Å². The Bertz CT molecular complexity index is 393. The van der Waals surface area contributed by atoms with Crippen LogP contribution in [0.15, 0.2) is 22.7 Å². The molecule has 0 aliphatic heterocycles. The number of hydrogen-bond donors (Lipinski definition) is 2. The third-order valence-electron chi connectivity index (χ3n) is 2.14. The molecule has 0 saturated carbocycles. The number of halogens is 1. The van der Waals surface area contributed by atoms with Crippen LogP contribution in [0.25, 0.3) is 0 Å². The first-order chi connectivity index (χ1) is 6.88. The predicted molar refractivity (Wildman–Crippen MR) is 59.4 cm³/mol. The van der Waals surface area contributed by atoms with Gasteiger partial charge in [0.05, 0.1) is 4.92 Å². The van der Waals surface area contributed by atoms with Crippen molar-refractivity contribution in [2.24, 2.45) is 5.73 Å². The molecule has 3 N–H and O–H groups in total. The molecule has 1 aromatic rings. The molecule has 0 aliphatic rings. The van der Waals surface area contributed by atoms with Crippen molar-refractivity contribution >= 4 is 21.6 Å². The number of hydrogen-bond acceptors (Lipinski definition) is 4. The van der Waals surface area contributed by atoms with Crippen molar-refractivity contribution in [1.82, 2.24) is 0 Å². The second kappa shape index (κ2) is 4.26. The standard InChI is InChI=1S/C9H11BrN2O3/c1-9(13,5-11)7-3-2-6(12(14)15)4-8(7)10/h2-4,13H,5,11H2,1H3. The Morgan fingerprint density at radius 2 is 2.27 bits per heavy atom. The third kappa shape index (κ3) is 2.53. The van der Waals surface area contributed by atoms with Crippen molar-refractivity contribution in [1.29, 1.82) is 0 Å². The Morgan fingerprint density at radius 3 is 2.67 bits per heavy atom. The summed E-state index contributed by atoms with van der Waals surface area (Å²) in [5.74, 6) is 0. The molecule has 1 unspecified atom stereocenters. The minimum Gasteiger partial charge on any atom is -0.384 e. The molecule has 0 aliphatic carbocycles. The lowest BCUT2D eigenvalue weighted by Gasteiger charge is -2.22. The van der Waals surface area contributed by atoms with Crippen LogP contribution in [0.4, 0.5) is 5.69 Å². The van der Waals surface area contributed by atoms with Crippen molar-refractivity contribution in [2.45, 2.75) is 12.5 Å². The second-order valence-electron chi connectivity index (χ2n) is 3.40. The van der Waals surface area contributed by atoms with E-state index in [0.717, 1.165) is 0 Å². The van der Waals surface area contributed by atoms with Gasteiger partial charge in [0.1, 0.15) is 5.60 Å². The zero-order chi connectivity index (χ0) is 11.6. The molecule has 0 bridgehead atoms. The molecule has 5 nitrogen and oxygen atoms in total. The number of nitrogens with two attached hydrogens (primary N) is 1. The zero-order valence-electron chi connectivity index (χ0n) is 8.11. The Hall–Kier alpha value is -0.980. The van der Waals surface area contributed by atoms with Crippen LogP contribution in [0, 0.1) is 10.1 Å². The van der Waals surface area contributed by atoms with Crippen LogP contribution in [0.2, 0.25) is 0 Å².